The lowest BCUT2D eigenvalue weighted by Gasteiger charge is -2.08. The first-order valence-corrected chi connectivity index (χ1v) is 7.28. The summed E-state index contributed by atoms with van der Waals surface area (Å²) in [5, 5.41) is 9.15. The summed E-state index contributed by atoms with van der Waals surface area (Å²) in [6.45, 7) is -0.693. The average molecular weight is 326 g/mol. The first kappa shape index (κ1) is 14.6. The molecule has 1 aromatic carbocycles. The summed E-state index contributed by atoms with van der Waals surface area (Å²) >= 11 is 0. The summed E-state index contributed by atoms with van der Waals surface area (Å²) in [6.07, 6.45) is 5.04. The molecule has 1 N–H and O–H groups in total. The van der Waals surface area contributed by atoms with Gasteiger partial charge in [-0.1, -0.05) is 0 Å². The summed E-state index contributed by atoms with van der Waals surface area (Å²) < 4.78 is 35.0. The minimum Gasteiger partial charge on any atom is -0.463 e. The van der Waals surface area contributed by atoms with E-state index in [1.165, 1.54) is 6.07 Å². The van der Waals surface area contributed by atoms with Crippen molar-refractivity contribution < 1.29 is 18.3 Å². The molecule has 4 aromatic rings. The molecule has 0 radical (unpaired) electrons. The van der Waals surface area contributed by atoms with E-state index in [1.54, 1.807) is 47.3 Å². The third-order valence-electron chi connectivity index (χ3n) is 3.88. The molecule has 0 unspecified atom stereocenters. The minimum atomic E-state index is -0.762. The molecule has 6 heteroatoms. The highest BCUT2D eigenvalue weighted by molar-refractivity contribution is 5.67. The predicted octanol–water partition coefficient (Wildman–Crippen LogP) is 4.03. The molecule has 0 fully saturated rings. The van der Waals surface area contributed by atoms with Crippen molar-refractivity contribution in [2.45, 2.75) is 6.61 Å². The second-order valence-corrected chi connectivity index (χ2v) is 5.33. The number of pyridine rings is 1. The van der Waals surface area contributed by atoms with Gasteiger partial charge in [-0.15, -0.1) is 0 Å². The molecule has 24 heavy (non-hydrogen) atoms. The molecule has 0 amide bonds. The molecule has 120 valence electrons. The molecule has 3 aromatic heterocycles. The number of furan rings is 1. The van der Waals surface area contributed by atoms with Crippen LogP contribution in [-0.2, 0) is 6.61 Å². The van der Waals surface area contributed by atoms with Gasteiger partial charge in [0, 0.05) is 29.1 Å². The monoisotopic (exact) mass is 326 g/mol. The van der Waals surface area contributed by atoms with Crippen LogP contribution in [0.4, 0.5) is 8.78 Å². The normalized spacial score (nSPS) is 11.3. The van der Waals surface area contributed by atoms with Crippen LogP contribution in [0.25, 0.3) is 28.2 Å². The fourth-order valence-corrected chi connectivity index (χ4v) is 2.66. The average Bonchev–Trinajstić information content (AvgIpc) is 3.24. The highest BCUT2D eigenvalue weighted by Crippen LogP contribution is 2.28. The van der Waals surface area contributed by atoms with Gasteiger partial charge >= 0.3 is 0 Å². The molecule has 0 aliphatic heterocycles. The van der Waals surface area contributed by atoms with Gasteiger partial charge in [0.15, 0.2) is 5.76 Å². The maximum Gasteiger partial charge on any atom is 0.153 e. The van der Waals surface area contributed by atoms with Crippen LogP contribution in [0.1, 0.15) is 5.56 Å². The number of halogens is 2. The lowest BCUT2D eigenvalue weighted by atomic mass is 10.0. The van der Waals surface area contributed by atoms with E-state index in [4.69, 9.17) is 9.52 Å². The Balaban J connectivity index is 1.84. The molecule has 3 heterocycles. The smallest absolute Gasteiger partial charge is 0.153 e. The van der Waals surface area contributed by atoms with Crippen molar-refractivity contribution in [3.8, 4) is 22.6 Å². The number of imidazole rings is 1. The van der Waals surface area contributed by atoms with Crippen molar-refractivity contribution in [1.29, 1.82) is 0 Å². The molecule has 0 atom stereocenters. The summed E-state index contributed by atoms with van der Waals surface area (Å²) in [6, 6.07) is 9.52. The van der Waals surface area contributed by atoms with Gasteiger partial charge in [-0.2, -0.15) is 0 Å². The van der Waals surface area contributed by atoms with Crippen LogP contribution < -0.4 is 0 Å². The number of aliphatic hydroxyl groups is 1. The van der Waals surface area contributed by atoms with E-state index in [9.17, 15) is 8.78 Å². The van der Waals surface area contributed by atoms with Crippen molar-refractivity contribution in [3.63, 3.8) is 0 Å². The fraction of sp³-hybridized carbons (Fsp3) is 0.0556. The topological polar surface area (TPSA) is 50.7 Å². The molecule has 4 rings (SSSR count). The van der Waals surface area contributed by atoms with Gasteiger partial charge in [0.25, 0.3) is 0 Å². The highest BCUT2D eigenvalue weighted by atomic mass is 19.1. The van der Waals surface area contributed by atoms with Crippen molar-refractivity contribution in [2.75, 3.05) is 0 Å². The van der Waals surface area contributed by atoms with E-state index >= 15 is 0 Å². The van der Waals surface area contributed by atoms with Crippen LogP contribution >= 0.6 is 0 Å². The Morgan fingerprint density at radius 3 is 2.71 bits per heavy atom. The summed E-state index contributed by atoms with van der Waals surface area (Å²) in [4.78, 5) is 4.44. The Bertz CT molecular complexity index is 1020. The number of fused-ring (bicyclic) bond motifs is 1. The Morgan fingerprint density at radius 2 is 1.96 bits per heavy atom. The molecule has 4 nitrogen and oxygen atoms in total. The number of hydrogen-bond donors (Lipinski definition) is 1. The van der Waals surface area contributed by atoms with Crippen LogP contribution in [0.15, 0.2) is 59.5 Å². The number of rotatable bonds is 3. The third kappa shape index (κ3) is 2.28. The fourth-order valence-electron chi connectivity index (χ4n) is 2.66. The Morgan fingerprint density at radius 1 is 1.08 bits per heavy atom. The molecule has 0 aliphatic rings. The van der Waals surface area contributed by atoms with Crippen molar-refractivity contribution in [2.24, 2.45) is 0 Å². The van der Waals surface area contributed by atoms with Crippen molar-refractivity contribution in [1.82, 2.24) is 9.38 Å². The van der Waals surface area contributed by atoms with Gasteiger partial charge in [-0.3, -0.25) is 0 Å². The van der Waals surface area contributed by atoms with Crippen LogP contribution in [-0.4, -0.2) is 14.5 Å². The predicted molar refractivity (Wildman–Crippen MR) is 84.2 cm³/mol. The maximum absolute atomic E-state index is 14.4. The zero-order chi connectivity index (χ0) is 16.7. The Kier molecular flexibility index (Phi) is 3.39. The van der Waals surface area contributed by atoms with E-state index < -0.39 is 18.2 Å². The molecule has 0 saturated carbocycles. The van der Waals surface area contributed by atoms with Gasteiger partial charge in [-0.25, -0.2) is 13.8 Å². The lowest BCUT2D eigenvalue weighted by molar-refractivity contribution is 0.269. The minimum absolute atomic E-state index is 0.218. The van der Waals surface area contributed by atoms with Crippen LogP contribution in [0.5, 0.6) is 0 Å². The number of nitrogens with zero attached hydrogens (tertiary/aromatic N) is 2. The van der Waals surface area contributed by atoms with E-state index in [0.29, 0.717) is 22.7 Å². The van der Waals surface area contributed by atoms with Gasteiger partial charge in [0.05, 0.1) is 12.9 Å². The molecule has 0 saturated heterocycles. The highest BCUT2D eigenvalue weighted by Gasteiger charge is 2.15. The van der Waals surface area contributed by atoms with Crippen LogP contribution in [0, 0.1) is 11.6 Å². The quantitative estimate of drug-likeness (QED) is 0.618. The molecule has 0 spiro atoms. The SMILES string of the molecule is OCc1c(F)ccc(-c2ccc3nc(-c4ccco4)cn3c2)c1F. The van der Waals surface area contributed by atoms with E-state index in [0.717, 1.165) is 6.07 Å². The first-order chi connectivity index (χ1) is 11.7. The summed E-state index contributed by atoms with van der Waals surface area (Å²) in [5.74, 6) is -0.887. The Hall–Kier alpha value is -2.99. The first-order valence-electron chi connectivity index (χ1n) is 7.28. The van der Waals surface area contributed by atoms with E-state index in [2.05, 4.69) is 4.98 Å². The van der Waals surface area contributed by atoms with Crippen molar-refractivity contribution >= 4 is 5.65 Å². The molecule has 0 bridgehead atoms. The van der Waals surface area contributed by atoms with Crippen molar-refractivity contribution in [3.05, 3.63) is 72.3 Å². The summed E-state index contributed by atoms with van der Waals surface area (Å²) in [7, 11) is 0. The zero-order valence-electron chi connectivity index (χ0n) is 12.4. The lowest BCUT2D eigenvalue weighted by Crippen LogP contribution is -1.98. The van der Waals surface area contributed by atoms with E-state index in [1.807, 2.05) is 0 Å². The Labute approximate surface area is 135 Å². The molecular formula is C18H12F2N2O2. The zero-order valence-corrected chi connectivity index (χ0v) is 12.4. The van der Waals surface area contributed by atoms with Gasteiger partial charge < -0.3 is 13.9 Å². The standard InChI is InChI=1S/C18H12F2N2O2/c19-14-5-4-12(18(20)13(14)10-23)11-3-6-17-21-15(9-22(17)8-11)16-2-1-7-24-16/h1-9,23H,10H2. The second kappa shape index (κ2) is 5.58. The van der Waals surface area contributed by atoms with Crippen LogP contribution in [0.3, 0.4) is 0 Å². The molecule has 0 aliphatic carbocycles. The maximum atomic E-state index is 14.4. The summed E-state index contributed by atoms with van der Waals surface area (Å²) in [5.41, 5.74) is 1.77. The van der Waals surface area contributed by atoms with Gasteiger partial charge in [0.1, 0.15) is 23.0 Å². The number of aliphatic hydroxyl groups excluding tert-OH is 1. The number of benzene rings is 1. The van der Waals surface area contributed by atoms with Gasteiger partial charge in [-0.05, 0) is 36.4 Å². The number of aromatic nitrogens is 2. The third-order valence-corrected chi connectivity index (χ3v) is 3.88. The second-order valence-electron chi connectivity index (χ2n) is 5.33. The number of hydrogen-bond acceptors (Lipinski definition) is 3. The van der Waals surface area contributed by atoms with Crippen LogP contribution in [0.2, 0.25) is 0 Å². The largest absolute Gasteiger partial charge is 0.463 e. The van der Waals surface area contributed by atoms with Gasteiger partial charge in [0.2, 0.25) is 0 Å². The van der Waals surface area contributed by atoms with E-state index in [-0.39, 0.29) is 11.1 Å². The molecular weight excluding hydrogens is 314 g/mol.